The monoisotopic (exact) mass is 396 g/mol. The lowest BCUT2D eigenvalue weighted by Crippen LogP contribution is -2.33. The second-order valence-electron chi connectivity index (χ2n) is 5.58. The van der Waals surface area contributed by atoms with Gasteiger partial charge in [0.05, 0.1) is 12.5 Å². The lowest BCUT2D eigenvalue weighted by molar-refractivity contribution is -0.143. The molecule has 0 saturated carbocycles. The maximum absolute atomic E-state index is 12.2. The number of hydrogen-bond acceptors (Lipinski definition) is 4. The summed E-state index contributed by atoms with van der Waals surface area (Å²) in [4.78, 5) is 37.2. The summed E-state index contributed by atoms with van der Waals surface area (Å²) < 4.78 is 5.72. The molecule has 1 aliphatic rings. The van der Waals surface area contributed by atoms with Crippen molar-refractivity contribution in [2.75, 3.05) is 24.6 Å². The van der Waals surface area contributed by atoms with E-state index in [2.05, 4.69) is 21.2 Å². The number of halogens is 1. The summed E-state index contributed by atoms with van der Waals surface area (Å²) in [6.45, 7) is 2.90. The Balaban J connectivity index is 1.80. The molecule has 1 N–H and O–H groups in total. The normalized spacial score (nSPS) is 17.0. The van der Waals surface area contributed by atoms with Crippen LogP contribution in [0.25, 0.3) is 0 Å². The summed E-state index contributed by atoms with van der Waals surface area (Å²) in [7, 11) is 0. The minimum Gasteiger partial charge on any atom is -0.466 e. The molecule has 1 atom stereocenters. The van der Waals surface area contributed by atoms with Crippen LogP contribution in [0.1, 0.15) is 26.2 Å². The van der Waals surface area contributed by atoms with Crippen LogP contribution in [0.5, 0.6) is 0 Å². The van der Waals surface area contributed by atoms with Crippen LogP contribution in [0.2, 0.25) is 0 Å². The number of amides is 2. The molecule has 2 rings (SSSR count). The third kappa shape index (κ3) is 5.06. The van der Waals surface area contributed by atoms with E-state index >= 15 is 0 Å². The van der Waals surface area contributed by atoms with Gasteiger partial charge in [-0.05, 0) is 31.5 Å². The van der Waals surface area contributed by atoms with Crippen LogP contribution in [-0.2, 0) is 19.1 Å². The highest BCUT2D eigenvalue weighted by Gasteiger charge is 2.34. The van der Waals surface area contributed by atoms with Crippen LogP contribution in [0.15, 0.2) is 28.7 Å². The number of benzene rings is 1. The van der Waals surface area contributed by atoms with Crippen molar-refractivity contribution in [3.63, 3.8) is 0 Å². The number of carbonyl (C=O) groups is 3. The Labute approximate surface area is 149 Å². The van der Waals surface area contributed by atoms with E-state index < -0.39 is 0 Å². The van der Waals surface area contributed by atoms with E-state index in [1.165, 1.54) is 0 Å². The van der Waals surface area contributed by atoms with Gasteiger partial charge in [-0.2, -0.15) is 0 Å². The fourth-order valence-electron chi connectivity index (χ4n) is 2.60. The van der Waals surface area contributed by atoms with Gasteiger partial charge in [0.15, 0.2) is 0 Å². The van der Waals surface area contributed by atoms with E-state index in [0.29, 0.717) is 26.1 Å². The zero-order valence-electron chi connectivity index (χ0n) is 13.6. The number of anilines is 1. The smallest absolute Gasteiger partial charge is 0.305 e. The Morgan fingerprint density at radius 2 is 2.21 bits per heavy atom. The van der Waals surface area contributed by atoms with Crippen molar-refractivity contribution in [3.8, 4) is 0 Å². The Morgan fingerprint density at radius 1 is 1.42 bits per heavy atom. The van der Waals surface area contributed by atoms with E-state index in [0.717, 1.165) is 10.2 Å². The molecular formula is C17H21BrN2O4. The zero-order valence-corrected chi connectivity index (χ0v) is 15.2. The number of nitrogens with zero attached hydrogens (tertiary/aromatic N) is 1. The second-order valence-corrected chi connectivity index (χ2v) is 6.50. The van der Waals surface area contributed by atoms with E-state index in [-0.39, 0.29) is 36.5 Å². The van der Waals surface area contributed by atoms with Crippen LogP contribution in [0.4, 0.5) is 5.69 Å². The van der Waals surface area contributed by atoms with Crippen LogP contribution in [0, 0.1) is 5.92 Å². The first-order valence-electron chi connectivity index (χ1n) is 8.00. The molecular weight excluding hydrogens is 376 g/mol. The second kappa shape index (κ2) is 8.82. The van der Waals surface area contributed by atoms with Crippen molar-refractivity contribution in [2.24, 2.45) is 5.92 Å². The van der Waals surface area contributed by atoms with E-state index in [1.54, 1.807) is 11.8 Å². The third-order valence-electron chi connectivity index (χ3n) is 3.78. The summed E-state index contributed by atoms with van der Waals surface area (Å²) in [5.41, 5.74) is 0.784. The first-order chi connectivity index (χ1) is 11.5. The Morgan fingerprint density at radius 3 is 2.92 bits per heavy atom. The van der Waals surface area contributed by atoms with Crippen molar-refractivity contribution in [2.45, 2.75) is 26.2 Å². The van der Waals surface area contributed by atoms with Crippen molar-refractivity contribution in [1.29, 1.82) is 0 Å². The lowest BCUT2D eigenvalue weighted by atomic mass is 10.1. The number of nitrogens with one attached hydrogen (secondary N) is 1. The largest absolute Gasteiger partial charge is 0.466 e. The highest BCUT2D eigenvalue weighted by atomic mass is 79.9. The van der Waals surface area contributed by atoms with Crippen LogP contribution in [-0.4, -0.2) is 37.5 Å². The molecule has 130 valence electrons. The van der Waals surface area contributed by atoms with Gasteiger partial charge >= 0.3 is 5.97 Å². The van der Waals surface area contributed by atoms with Crippen molar-refractivity contribution >= 4 is 39.4 Å². The summed E-state index contributed by atoms with van der Waals surface area (Å²) in [5, 5.41) is 2.79. The fraction of sp³-hybridized carbons (Fsp3) is 0.471. The first-order valence-corrected chi connectivity index (χ1v) is 8.79. The highest BCUT2D eigenvalue weighted by Crippen LogP contribution is 2.27. The Hall–Kier alpha value is -1.89. The standard InChI is InChI=1S/C17H21BrN2O4/c1-2-24-16(22)7-4-8-19-17(23)12-9-15(21)20(11-12)14-6-3-5-13(18)10-14/h3,5-6,10,12H,2,4,7-9,11H2,1H3,(H,19,23). The van der Waals surface area contributed by atoms with E-state index in [9.17, 15) is 14.4 Å². The molecule has 1 saturated heterocycles. The molecule has 1 unspecified atom stereocenters. The summed E-state index contributed by atoms with van der Waals surface area (Å²) in [5.74, 6) is -0.827. The van der Waals surface area contributed by atoms with Gasteiger partial charge in [-0.25, -0.2) is 0 Å². The molecule has 24 heavy (non-hydrogen) atoms. The molecule has 1 aliphatic heterocycles. The SMILES string of the molecule is CCOC(=O)CCCNC(=O)C1CC(=O)N(c2cccc(Br)c2)C1. The topological polar surface area (TPSA) is 75.7 Å². The molecule has 0 aromatic heterocycles. The van der Waals surface area contributed by atoms with Gasteiger partial charge < -0.3 is 15.0 Å². The average Bonchev–Trinajstić information content (AvgIpc) is 2.93. The Kier molecular flexibility index (Phi) is 6.78. The van der Waals surface area contributed by atoms with Crippen molar-refractivity contribution in [1.82, 2.24) is 5.32 Å². The van der Waals surface area contributed by atoms with Gasteiger partial charge in [0.2, 0.25) is 11.8 Å². The number of carbonyl (C=O) groups excluding carboxylic acids is 3. The molecule has 1 aromatic rings. The molecule has 0 spiro atoms. The summed E-state index contributed by atoms with van der Waals surface area (Å²) >= 11 is 3.38. The van der Waals surface area contributed by atoms with Gasteiger partial charge in [-0.15, -0.1) is 0 Å². The summed E-state index contributed by atoms with van der Waals surface area (Å²) in [6.07, 6.45) is 1.01. The number of ether oxygens (including phenoxy) is 1. The predicted octanol–water partition coefficient (Wildman–Crippen LogP) is 2.26. The van der Waals surface area contributed by atoms with Gasteiger partial charge in [-0.1, -0.05) is 22.0 Å². The maximum atomic E-state index is 12.2. The minimum absolute atomic E-state index is 0.0558. The molecule has 2 amide bonds. The lowest BCUT2D eigenvalue weighted by Gasteiger charge is -2.17. The van der Waals surface area contributed by atoms with Gasteiger partial charge in [-0.3, -0.25) is 14.4 Å². The zero-order chi connectivity index (χ0) is 17.5. The van der Waals surface area contributed by atoms with Crippen LogP contribution >= 0.6 is 15.9 Å². The van der Waals surface area contributed by atoms with E-state index in [1.807, 2.05) is 24.3 Å². The Bertz CT molecular complexity index is 620. The van der Waals surface area contributed by atoms with E-state index in [4.69, 9.17) is 4.74 Å². The molecule has 0 bridgehead atoms. The van der Waals surface area contributed by atoms with Gasteiger partial charge in [0, 0.05) is 36.1 Å². The molecule has 0 radical (unpaired) electrons. The molecule has 1 heterocycles. The highest BCUT2D eigenvalue weighted by molar-refractivity contribution is 9.10. The summed E-state index contributed by atoms with van der Waals surface area (Å²) in [6, 6.07) is 7.45. The molecule has 1 aromatic carbocycles. The average molecular weight is 397 g/mol. The van der Waals surface area contributed by atoms with Crippen LogP contribution in [0.3, 0.4) is 0 Å². The molecule has 6 nitrogen and oxygen atoms in total. The predicted molar refractivity (Wildman–Crippen MR) is 93.5 cm³/mol. The minimum atomic E-state index is -0.362. The number of rotatable bonds is 7. The van der Waals surface area contributed by atoms with Crippen molar-refractivity contribution in [3.05, 3.63) is 28.7 Å². The first kappa shape index (κ1) is 18.4. The third-order valence-corrected chi connectivity index (χ3v) is 4.27. The number of hydrogen-bond donors (Lipinski definition) is 1. The van der Waals surface area contributed by atoms with Crippen LogP contribution < -0.4 is 10.2 Å². The fourth-order valence-corrected chi connectivity index (χ4v) is 2.99. The molecule has 0 aliphatic carbocycles. The quantitative estimate of drug-likeness (QED) is 0.566. The molecule has 1 fully saturated rings. The van der Waals surface area contributed by atoms with Gasteiger partial charge in [0.25, 0.3) is 0 Å². The van der Waals surface area contributed by atoms with Gasteiger partial charge in [0.1, 0.15) is 0 Å². The van der Waals surface area contributed by atoms with Crippen molar-refractivity contribution < 1.29 is 19.1 Å². The number of esters is 1. The maximum Gasteiger partial charge on any atom is 0.305 e. The molecule has 7 heteroatoms.